The van der Waals surface area contributed by atoms with E-state index < -0.39 is 0 Å². The van der Waals surface area contributed by atoms with Gasteiger partial charge in [0.2, 0.25) is 0 Å². The molecule has 0 spiro atoms. The van der Waals surface area contributed by atoms with Crippen molar-refractivity contribution >= 4 is 23.3 Å². The van der Waals surface area contributed by atoms with Crippen LogP contribution in [0.4, 0.5) is 0 Å². The molecular formula is C15H12N2OS. The summed E-state index contributed by atoms with van der Waals surface area (Å²) < 4.78 is 8.65. The second-order valence-electron chi connectivity index (χ2n) is 4.68. The number of nitrogens with one attached hydrogen (secondary N) is 1. The van der Waals surface area contributed by atoms with Gasteiger partial charge in [0, 0.05) is 5.56 Å². The Morgan fingerprint density at radius 3 is 2.84 bits per heavy atom. The Kier molecular flexibility index (Phi) is 2.26. The molecule has 1 unspecified atom stereocenters. The van der Waals surface area contributed by atoms with Gasteiger partial charge in [0.05, 0.1) is 17.1 Å². The molecule has 0 bridgehead atoms. The second kappa shape index (κ2) is 3.96. The number of nitrogens with zero attached hydrogens (tertiary/aromatic N) is 1. The summed E-state index contributed by atoms with van der Waals surface area (Å²) >= 11 is 5.47. The molecule has 0 saturated heterocycles. The Hall–Kier alpha value is -2.07. The third-order valence-corrected chi connectivity index (χ3v) is 3.91. The summed E-state index contributed by atoms with van der Waals surface area (Å²) in [6.45, 7) is 0.634. The van der Waals surface area contributed by atoms with Gasteiger partial charge in [-0.25, -0.2) is 0 Å². The number of ether oxygens (including phenoxy) is 1. The number of rotatable bonds is 1. The van der Waals surface area contributed by atoms with Crippen LogP contribution in [0.3, 0.4) is 0 Å². The topological polar surface area (TPSA) is 29.9 Å². The molecule has 94 valence electrons. The van der Waals surface area contributed by atoms with Crippen molar-refractivity contribution in [3.8, 4) is 5.75 Å². The fraction of sp³-hybridized carbons (Fsp3) is 0.133. The first-order valence-corrected chi connectivity index (χ1v) is 6.66. The maximum absolute atomic E-state index is 5.76. The minimum absolute atomic E-state index is 0.153. The summed E-state index contributed by atoms with van der Waals surface area (Å²) in [4.78, 5) is 3.26. The Morgan fingerprint density at radius 1 is 1.11 bits per heavy atom. The van der Waals surface area contributed by atoms with Crippen molar-refractivity contribution in [2.24, 2.45) is 0 Å². The van der Waals surface area contributed by atoms with E-state index in [4.69, 9.17) is 17.0 Å². The highest BCUT2D eigenvalue weighted by molar-refractivity contribution is 7.71. The number of aromatic nitrogens is 2. The van der Waals surface area contributed by atoms with Crippen LogP contribution in [0.25, 0.3) is 11.0 Å². The van der Waals surface area contributed by atoms with Crippen molar-refractivity contribution in [1.29, 1.82) is 0 Å². The first-order chi connectivity index (χ1) is 9.34. The number of fused-ring (bicyclic) bond motifs is 2. The number of para-hydroxylation sites is 3. The third kappa shape index (κ3) is 1.53. The number of imidazole rings is 1. The molecule has 0 fully saturated rings. The first kappa shape index (κ1) is 10.8. The highest BCUT2D eigenvalue weighted by Crippen LogP contribution is 2.36. The van der Waals surface area contributed by atoms with Gasteiger partial charge in [0.1, 0.15) is 12.4 Å². The average Bonchev–Trinajstić information content (AvgIpc) is 2.98. The average molecular weight is 268 g/mol. The first-order valence-electron chi connectivity index (χ1n) is 6.25. The Bertz CT molecular complexity index is 818. The van der Waals surface area contributed by atoms with Crippen LogP contribution in [0.15, 0.2) is 48.5 Å². The summed E-state index contributed by atoms with van der Waals surface area (Å²) in [5.74, 6) is 0.958. The van der Waals surface area contributed by atoms with Gasteiger partial charge in [-0.05, 0) is 30.4 Å². The van der Waals surface area contributed by atoms with Crippen molar-refractivity contribution < 1.29 is 4.74 Å². The van der Waals surface area contributed by atoms with E-state index >= 15 is 0 Å². The van der Waals surface area contributed by atoms with Gasteiger partial charge in [-0.1, -0.05) is 30.3 Å². The van der Waals surface area contributed by atoms with Crippen molar-refractivity contribution in [3.63, 3.8) is 0 Å². The Balaban J connectivity index is 1.98. The van der Waals surface area contributed by atoms with E-state index in [1.54, 1.807) is 0 Å². The van der Waals surface area contributed by atoms with Gasteiger partial charge in [-0.3, -0.25) is 0 Å². The maximum atomic E-state index is 5.76. The number of hydrogen-bond donors (Lipinski definition) is 1. The van der Waals surface area contributed by atoms with Crippen molar-refractivity contribution in [3.05, 3.63) is 58.9 Å². The molecule has 2 aromatic carbocycles. The molecule has 1 aromatic heterocycles. The molecule has 1 aliphatic rings. The SMILES string of the molecule is S=c1[nH]c2ccccc2n1C1COc2ccccc21. The highest BCUT2D eigenvalue weighted by Gasteiger charge is 2.26. The molecule has 2 heterocycles. The second-order valence-corrected chi connectivity index (χ2v) is 5.07. The largest absolute Gasteiger partial charge is 0.491 e. The zero-order valence-electron chi connectivity index (χ0n) is 10.2. The number of aromatic amines is 1. The van der Waals surface area contributed by atoms with E-state index in [1.807, 2.05) is 36.4 Å². The lowest BCUT2D eigenvalue weighted by Crippen LogP contribution is -2.11. The quantitative estimate of drug-likeness (QED) is 0.682. The van der Waals surface area contributed by atoms with Crippen LogP contribution in [0.5, 0.6) is 5.75 Å². The fourth-order valence-corrected chi connectivity index (χ4v) is 3.08. The molecule has 19 heavy (non-hydrogen) atoms. The summed E-state index contributed by atoms with van der Waals surface area (Å²) in [6.07, 6.45) is 0. The van der Waals surface area contributed by atoms with Crippen LogP contribution in [0.1, 0.15) is 11.6 Å². The standard InChI is InChI=1S/C15H12N2OS/c19-15-16-11-6-2-3-7-12(11)17(15)13-9-18-14-8-4-1-5-10(13)14/h1-8,13H,9H2,(H,16,19). The molecule has 0 radical (unpaired) electrons. The van der Waals surface area contributed by atoms with Gasteiger partial charge in [0.15, 0.2) is 4.77 Å². The molecule has 0 saturated carbocycles. The van der Waals surface area contributed by atoms with Crippen molar-refractivity contribution in [1.82, 2.24) is 9.55 Å². The smallest absolute Gasteiger partial charge is 0.178 e. The third-order valence-electron chi connectivity index (χ3n) is 3.61. The van der Waals surface area contributed by atoms with E-state index in [-0.39, 0.29) is 6.04 Å². The minimum atomic E-state index is 0.153. The molecule has 1 N–H and O–H groups in total. The zero-order valence-corrected chi connectivity index (χ0v) is 11.0. The van der Waals surface area contributed by atoms with E-state index in [0.29, 0.717) is 6.61 Å². The molecule has 3 nitrogen and oxygen atoms in total. The molecule has 0 aliphatic carbocycles. The number of benzene rings is 2. The van der Waals surface area contributed by atoms with Crippen LogP contribution in [-0.4, -0.2) is 16.2 Å². The summed E-state index contributed by atoms with van der Waals surface area (Å²) in [6, 6.07) is 16.5. The van der Waals surface area contributed by atoms with Gasteiger partial charge in [-0.2, -0.15) is 0 Å². The predicted molar refractivity (Wildman–Crippen MR) is 77.2 cm³/mol. The molecule has 4 heteroatoms. The predicted octanol–water partition coefficient (Wildman–Crippen LogP) is 3.68. The van der Waals surface area contributed by atoms with Crippen LogP contribution in [-0.2, 0) is 0 Å². The summed E-state index contributed by atoms with van der Waals surface area (Å²) in [5.41, 5.74) is 3.39. The monoisotopic (exact) mass is 268 g/mol. The van der Waals surface area contributed by atoms with E-state index in [9.17, 15) is 0 Å². The van der Waals surface area contributed by atoms with Crippen LogP contribution >= 0.6 is 12.2 Å². The Morgan fingerprint density at radius 2 is 1.89 bits per heavy atom. The van der Waals surface area contributed by atoms with E-state index in [0.717, 1.165) is 21.6 Å². The lowest BCUT2D eigenvalue weighted by Gasteiger charge is -2.12. The van der Waals surface area contributed by atoms with Gasteiger partial charge in [-0.15, -0.1) is 0 Å². The van der Waals surface area contributed by atoms with Crippen LogP contribution in [0, 0.1) is 4.77 Å². The Labute approximate surface area is 115 Å². The van der Waals surface area contributed by atoms with Gasteiger partial charge in [0.25, 0.3) is 0 Å². The molecule has 4 rings (SSSR count). The fourth-order valence-electron chi connectivity index (χ4n) is 2.74. The van der Waals surface area contributed by atoms with Gasteiger partial charge < -0.3 is 14.3 Å². The van der Waals surface area contributed by atoms with E-state index in [2.05, 4.69) is 21.7 Å². The molecule has 1 atom stereocenters. The zero-order chi connectivity index (χ0) is 12.8. The minimum Gasteiger partial charge on any atom is -0.491 e. The number of hydrogen-bond acceptors (Lipinski definition) is 2. The van der Waals surface area contributed by atoms with Crippen LogP contribution in [0.2, 0.25) is 0 Å². The van der Waals surface area contributed by atoms with Gasteiger partial charge >= 0.3 is 0 Å². The van der Waals surface area contributed by atoms with E-state index in [1.165, 1.54) is 5.56 Å². The lowest BCUT2D eigenvalue weighted by molar-refractivity contribution is 0.318. The lowest BCUT2D eigenvalue weighted by atomic mass is 10.1. The molecule has 3 aromatic rings. The highest BCUT2D eigenvalue weighted by atomic mass is 32.1. The van der Waals surface area contributed by atoms with Crippen molar-refractivity contribution in [2.75, 3.05) is 6.61 Å². The molecular weight excluding hydrogens is 256 g/mol. The number of H-pyrrole nitrogens is 1. The molecule has 0 amide bonds. The summed E-state index contributed by atoms with van der Waals surface area (Å²) in [7, 11) is 0. The molecule has 1 aliphatic heterocycles. The summed E-state index contributed by atoms with van der Waals surface area (Å²) in [5, 5.41) is 0. The normalized spacial score (nSPS) is 17.4. The van der Waals surface area contributed by atoms with Crippen LogP contribution < -0.4 is 4.74 Å². The van der Waals surface area contributed by atoms with Crippen molar-refractivity contribution in [2.45, 2.75) is 6.04 Å². The maximum Gasteiger partial charge on any atom is 0.178 e.